The highest BCUT2D eigenvalue weighted by Gasteiger charge is 2.05. The molecule has 92 valence electrons. The number of thiazole rings is 1. The molecule has 0 fully saturated rings. The van der Waals surface area contributed by atoms with Gasteiger partial charge < -0.3 is 5.32 Å². The normalized spacial score (nSPS) is 11.0. The molecule has 0 unspecified atom stereocenters. The summed E-state index contributed by atoms with van der Waals surface area (Å²) in [6.07, 6.45) is 3.59. The third-order valence-electron chi connectivity index (χ3n) is 2.59. The van der Waals surface area contributed by atoms with E-state index >= 15 is 0 Å². The molecule has 0 aromatic carbocycles. The summed E-state index contributed by atoms with van der Waals surface area (Å²) in [5.41, 5.74) is 3.03. The summed E-state index contributed by atoms with van der Waals surface area (Å²) in [5.74, 6) is 0.839. The van der Waals surface area contributed by atoms with E-state index in [4.69, 9.17) is 0 Å². The molecule has 3 aromatic heterocycles. The van der Waals surface area contributed by atoms with Crippen molar-refractivity contribution in [3.63, 3.8) is 0 Å². The van der Waals surface area contributed by atoms with Gasteiger partial charge in [0, 0.05) is 23.5 Å². The smallest absolute Gasteiger partial charge is 0.152 e. The predicted octanol–water partition coefficient (Wildman–Crippen LogP) is 2.41. The fourth-order valence-electron chi connectivity index (χ4n) is 1.82. The lowest BCUT2D eigenvalue weighted by atomic mass is 10.4. The van der Waals surface area contributed by atoms with Gasteiger partial charge in [-0.15, -0.1) is 11.3 Å². The van der Waals surface area contributed by atoms with E-state index in [9.17, 15) is 0 Å². The second kappa shape index (κ2) is 4.38. The van der Waals surface area contributed by atoms with Crippen LogP contribution in [-0.4, -0.2) is 19.6 Å². The van der Waals surface area contributed by atoms with Crippen LogP contribution in [0.5, 0.6) is 0 Å². The zero-order valence-electron chi connectivity index (χ0n) is 10.2. The third kappa shape index (κ3) is 2.06. The molecular weight excluding hydrogens is 246 g/mol. The maximum absolute atomic E-state index is 4.42. The van der Waals surface area contributed by atoms with E-state index in [1.807, 2.05) is 36.0 Å². The molecule has 3 heterocycles. The first-order chi connectivity index (χ1) is 8.72. The minimum Gasteiger partial charge on any atom is -0.362 e. The van der Waals surface area contributed by atoms with Crippen LogP contribution in [0.2, 0.25) is 0 Å². The molecule has 5 nitrogen and oxygen atoms in total. The van der Waals surface area contributed by atoms with E-state index in [1.54, 1.807) is 17.5 Å². The highest BCUT2D eigenvalue weighted by molar-refractivity contribution is 7.09. The van der Waals surface area contributed by atoms with E-state index in [2.05, 4.69) is 20.4 Å². The maximum atomic E-state index is 4.42. The Kier molecular flexibility index (Phi) is 2.71. The molecule has 3 aromatic rings. The molecule has 3 rings (SSSR count). The molecular formula is C12H13N5S. The number of hydrogen-bond donors (Lipinski definition) is 1. The number of fused-ring (bicyclic) bond motifs is 1. The Balaban J connectivity index is 1.86. The van der Waals surface area contributed by atoms with Crippen molar-refractivity contribution in [3.8, 4) is 0 Å². The highest BCUT2D eigenvalue weighted by Crippen LogP contribution is 2.16. The second-order valence-corrected chi connectivity index (χ2v) is 5.07. The van der Waals surface area contributed by atoms with Gasteiger partial charge in [0.25, 0.3) is 0 Å². The average Bonchev–Trinajstić information content (AvgIpc) is 2.91. The van der Waals surface area contributed by atoms with Crippen molar-refractivity contribution in [2.45, 2.75) is 20.4 Å². The van der Waals surface area contributed by atoms with Crippen LogP contribution in [0.1, 0.15) is 16.4 Å². The molecule has 0 saturated heterocycles. The molecule has 0 atom stereocenters. The van der Waals surface area contributed by atoms with Gasteiger partial charge >= 0.3 is 0 Å². The van der Waals surface area contributed by atoms with Crippen molar-refractivity contribution in [2.75, 3.05) is 5.32 Å². The predicted molar refractivity (Wildman–Crippen MR) is 71.9 cm³/mol. The fraction of sp³-hybridized carbons (Fsp3) is 0.250. The Morgan fingerprint density at radius 2 is 2.22 bits per heavy atom. The van der Waals surface area contributed by atoms with Gasteiger partial charge in [0.05, 0.1) is 12.2 Å². The summed E-state index contributed by atoms with van der Waals surface area (Å²) < 4.78 is 1.83. The minimum absolute atomic E-state index is 0.690. The van der Waals surface area contributed by atoms with Crippen LogP contribution in [-0.2, 0) is 6.54 Å². The van der Waals surface area contributed by atoms with Crippen molar-refractivity contribution in [1.29, 1.82) is 0 Å². The van der Waals surface area contributed by atoms with Crippen LogP contribution >= 0.6 is 11.3 Å². The second-order valence-electron chi connectivity index (χ2n) is 4.13. The summed E-state index contributed by atoms with van der Waals surface area (Å²) in [6, 6.07) is 2.02. The first kappa shape index (κ1) is 11.2. The monoisotopic (exact) mass is 259 g/mol. The Hall–Kier alpha value is -1.95. The molecule has 0 aliphatic carbocycles. The lowest BCUT2D eigenvalue weighted by molar-refractivity contribution is 0.919. The van der Waals surface area contributed by atoms with E-state index < -0.39 is 0 Å². The van der Waals surface area contributed by atoms with Crippen molar-refractivity contribution in [1.82, 2.24) is 19.6 Å². The molecule has 1 N–H and O–H groups in total. The van der Waals surface area contributed by atoms with Crippen molar-refractivity contribution >= 4 is 22.7 Å². The molecule has 0 aliphatic rings. The lowest BCUT2D eigenvalue weighted by Gasteiger charge is -2.04. The number of nitrogens with one attached hydrogen (secondary N) is 1. The van der Waals surface area contributed by atoms with Crippen LogP contribution < -0.4 is 5.32 Å². The van der Waals surface area contributed by atoms with E-state index in [1.165, 1.54) is 0 Å². The molecule has 0 spiro atoms. The molecule has 0 aliphatic heterocycles. The molecule has 18 heavy (non-hydrogen) atoms. The fourth-order valence-corrected chi connectivity index (χ4v) is 2.54. The number of hydrogen-bond acceptors (Lipinski definition) is 5. The van der Waals surface area contributed by atoms with Crippen LogP contribution in [0.4, 0.5) is 5.82 Å². The summed E-state index contributed by atoms with van der Waals surface area (Å²) in [7, 11) is 0. The standard InChI is InChI=1S/C12H13N5S/c1-8-5-10-12(13-3-4-17(10)16-8)14-6-11-15-9(2)7-18-11/h3-5,7H,6H2,1-2H3,(H,13,14). The van der Waals surface area contributed by atoms with Gasteiger partial charge in [0.1, 0.15) is 10.5 Å². The number of aromatic nitrogens is 4. The van der Waals surface area contributed by atoms with Crippen molar-refractivity contribution in [2.24, 2.45) is 0 Å². The Morgan fingerprint density at radius 3 is 3.00 bits per heavy atom. The van der Waals surface area contributed by atoms with Gasteiger partial charge in [0.15, 0.2) is 5.82 Å². The number of rotatable bonds is 3. The van der Waals surface area contributed by atoms with E-state index in [0.717, 1.165) is 27.7 Å². The summed E-state index contributed by atoms with van der Waals surface area (Å²) in [6.45, 7) is 4.66. The molecule has 0 amide bonds. The summed E-state index contributed by atoms with van der Waals surface area (Å²) in [5, 5.41) is 10.8. The number of anilines is 1. The molecule has 0 radical (unpaired) electrons. The van der Waals surface area contributed by atoms with Crippen LogP contribution in [0.15, 0.2) is 23.8 Å². The SMILES string of the molecule is Cc1csc(CNc2nccn3nc(C)cc23)n1. The quantitative estimate of drug-likeness (QED) is 0.784. The van der Waals surface area contributed by atoms with Crippen LogP contribution in [0.3, 0.4) is 0 Å². The van der Waals surface area contributed by atoms with Crippen molar-refractivity contribution in [3.05, 3.63) is 40.2 Å². The Bertz CT molecular complexity index is 685. The van der Waals surface area contributed by atoms with Gasteiger partial charge in [-0.25, -0.2) is 14.5 Å². The number of nitrogens with zero attached hydrogens (tertiary/aromatic N) is 4. The highest BCUT2D eigenvalue weighted by atomic mass is 32.1. The first-order valence-corrected chi connectivity index (χ1v) is 6.56. The van der Waals surface area contributed by atoms with Crippen molar-refractivity contribution < 1.29 is 0 Å². The van der Waals surface area contributed by atoms with Gasteiger partial charge in [-0.3, -0.25) is 0 Å². The minimum atomic E-state index is 0.690. The zero-order valence-corrected chi connectivity index (χ0v) is 11.0. The van der Waals surface area contributed by atoms with Gasteiger partial charge in [0.2, 0.25) is 0 Å². The molecule has 0 saturated carbocycles. The van der Waals surface area contributed by atoms with Gasteiger partial charge in [-0.05, 0) is 19.9 Å². The van der Waals surface area contributed by atoms with Crippen LogP contribution in [0.25, 0.3) is 5.52 Å². The maximum Gasteiger partial charge on any atom is 0.152 e. The largest absolute Gasteiger partial charge is 0.362 e. The van der Waals surface area contributed by atoms with E-state index in [-0.39, 0.29) is 0 Å². The van der Waals surface area contributed by atoms with Crippen LogP contribution in [0, 0.1) is 13.8 Å². The topological polar surface area (TPSA) is 55.1 Å². The van der Waals surface area contributed by atoms with Gasteiger partial charge in [-0.1, -0.05) is 0 Å². The lowest BCUT2D eigenvalue weighted by Crippen LogP contribution is -2.03. The summed E-state index contributed by atoms with van der Waals surface area (Å²) in [4.78, 5) is 8.76. The Labute approximate surface area is 109 Å². The third-order valence-corrected chi connectivity index (χ3v) is 3.55. The number of aryl methyl sites for hydroxylation is 2. The zero-order chi connectivity index (χ0) is 12.5. The first-order valence-electron chi connectivity index (χ1n) is 5.68. The Morgan fingerprint density at radius 1 is 1.33 bits per heavy atom. The average molecular weight is 259 g/mol. The van der Waals surface area contributed by atoms with Gasteiger partial charge in [-0.2, -0.15) is 5.10 Å². The molecule has 0 bridgehead atoms. The summed E-state index contributed by atoms with van der Waals surface area (Å²) >= 11 is 1.66. The van der Waals surface area contributed by atoms with E-state index in [0.29, 0.717) is 6.54 Å². The molecule has 6 heteroatoms.